The van der Waals surface area contributed by atoms with Crippen molar-refractivity contribution in [1.82, 2.24) is 15.0 Å². The summed E-state index contributed by atoms with van der Waals surface area (Å²) in [4.78, 5) is 24.5. The summed E-state index contributed by atoms with van der Waals surface area (Å²) < 4.78 is 49.8. The Morgan fingerprint density at radius 3 is 2.65 bits per heavy atom. The molecule has 0 aliphatic carbocycles. The summed E-state index contributed by atoms with van der Waals surface area (Å²) in [5.41, 5.74) is 0.671. The first-order valence-corrected chi connectivity index (χ1v) is 9.72. The van der Waals surface area contributed by atoms with Gasteiger partial charge in [0.25, 0.3) is 0 Å². The van der Waals surface area contributed by atoms with E-state index in [1.54, 1.807) is 35.1 Å². The van der Waals surface area contributed by atoms with Crippen LogP contribution in [0.5, 0.6) is 0 Å². The zero-order chi connectivity index (χ0) is 19.4. The van der Waals surface area contributed by atoms with E-state index >= 15 is 0 Å². The minimum atomic E-state index is -4.72. The standard InChI is InChI=1S/C13H17N4O7PS/c14-17-7-6-10(16-26(21,22)23)13(25-20,11(17)18)15-12(19)24-8-9-4-2-1-3-5-9/h1-5,10,16H,6-8,14H2,(H,15,19)(H,21,22,23)/p+1/t10-,13-/m1/s1. The summed E-state index contributed by atoms with van der Waals surface area (Å²) in [6, 6.07) is 7.28. The fourth-order valence-electron chi connectivity index (χ4n) is 2.49. The molecule has 13 heteroatoms. The Hall–Kier alpha value is -2.11. The average molecular weight is 405 g/mol. The third kappa shape index (κ3) is 4.74. The van der Waals surface area contributed by atoms with E-state index in [2.05, 4.69) is 5.32 Å². The molecule has 142 valence electrons. The summed E-state index contributed by atoms with van der Waals surface area (Å²) in [7, 11) is -6.22. The lowest BCUT2D eigenvalue weighted by Crippen LogP contribution is -2.71. The molecule has 2 amide bonds. The zero-order valence-corrected chi connectivity index (χ0v) is 15.2. The molecule has 1 aliphatic heterocycles. The van der Waals surface area contributed by atoms with Crippen molar-refractivity contribution < 1.29 is 31.9 Å². The molecular formula is C13H18N4O7PS+. The third-order valence-electron chi connectivity index (χ3n) is 3.74. The van der Waals surface area contributed by atoms with Crippen LogP contribution in [0.15, 0.2) is 30.3 Å². The maximum absolute atomic E-state index is 12.4. The van der Waals surface area contributed by atoms with E-state index in [-0.39, 0.29) is 19.6 Å². The van der Waals surface area contributed by atoms with Gasteiger partial charge in [0.15, 0.2) is 0 Å². The van der Waals surface area contributed by atoms with Gasteiger partial charge in [0.1, 0.15) is 12.6 Å². The van der Waals surface area contributed by atoms with Gasteiger partial charge in [0, 0.05) is 6.54 Å². The number of hydrogen-bond donors (Lipinski definition) is 4. The van der Waals surface area contributed by atoms with Crippen LogP contribution in [0.4, 0.5) is 4.79 Å². The van der Waals surface area contributed by atoms with Crippen molar-refractivity contribution in [2.24, 2.45) is 5.84 Å². The van der Waals surface area contributed by atoms with Crippen molar-refractivity contribution >= 4 is 30.8 Å². The molecule has 26 heavy (non-hydrogen) atoms. The molecule has 2 rings (SSSR count). The third-order valence-corrected chi connectivity index (χ3v) is 5.34. The van der Waals surface area contributed by atoms with Crippen molar-refractivity contribution in [2.75, 3.05) is 6.54 Å². The Morgan fingerprint density at radius 2 is 2.08 bits per heavy atom. The smallest absolute Gasteiger partial charge is 0.411 e. The number of nitrogens with zero attached hydrogens (tertiary/aromatic N) is 1. The molecule has 1 aromatic rings. The van der Waals surface area contributed by atoms with Gasteiger partial charge in [0.05, 0.1) is 0 Å². The average Bonchev–Trinajstić information content (AvgIpc) is 2.59. The van der Waals surface area contributed by atoms with E-state index in [1.807, 2.05) is 0 Å². The van der Waals surface area contributed by atoms with Gasteiger partial charge in [-0.15, -0.1) is 0 Å². The number of benzene rings is 1. The van der Waals surface area contributed by atoms with E-state index in [0.29, 0.717) is 10.6 Å². The maximum atomic E-state index is 12.4. The molecular weight excluding hydrogens is 387 g/mol. The molecule has 1 aliphatic rings. The molecule has 0 saturated carbocycles. The maximum Gasteiger partial charge on any atom is 0.411 e. The van der Waals surface area contributed by atoms with Gasteiger partial charge in [-0.05, 0) is 12.0 Å². The first-order chi connectivity index (χ1) is 12.2. The molecule has 3 atom stereocenters. The van der Waals surface area contributed by atoms with E-state index in [1.165, 1.54) is 0 Å². The number of amides is 2. The van der Waals surface area contributed by atoms with Gasteiger partial charge in [-0.1, -0.05) is 34.9 Å². The van der Waals surface area contributed by atoms with E-state index in [0.717, 1.165) is 0 Å². The van der Waals surface area contributed by atoms with Crippen molar-refractivity contribution in [3.63, 3.8) is 0 Å². The van der Waals surface area contributed by atoms with Gasteiger partial charge in [0.2, 0.25) is 0 Å². The fourth-order valence-corrected chi connectivity index (χ4v) is 3.99. The first-order valence-electron chi connectivity index (χ1n) is 7.37. The second kappa shape index (κ2) is 8.06. The summed E-state index contributed by atoms with van der Waals surface area (Å²) in [6.45, 7) is -0.194. The number of carbonyl (C=O) groups is 2. The van der Waals surface area contributed by atoms with E-state index in [9.17, 15) is 22.6 Å². The number of piperidine rings is 1. The lowest BCUT2D eigenvalue weighted by atomic mass is 9.99. The van der Waals surface area contributed by atoms with Crippen LogP contribution >= 0.6 is 8.46 Å². The number of rotatable bonds is 6. The first kappa shape index (κ1) is 20.2. The highest BCUT2D eigenvalue weighted by Gasteiger charge is 2.61. The van der Waals surface area contributed by atoms with Crippen LogP contribution in [0.1, 0.15) is 12.0 Å². The van der Waals surface area contributed by atoms with E-state index in [4.69, 9.17) is 15.1 Å². The number of ether oxygens (including phenoxy) is 1. The zero-order valence-electron chi connectivity index (χ0n) is 13.4. The highest BCUT2D eigenvalue weighted by molar-refractivity contribution is 7.83. The van der Waals surface area contributed by atoms with Gasteiger partial charge < -0.3 is 4.74 Å². The van der Waals surface area contributed by atoms with E-state index < -0.39 is 42.1 Å². The lowest BCUT2D eigenvalue weighted by Gasteiger charge is -2.36. The molecule has 1 saturated heterocycles. The Balaban J connectivity index is 2.18. The largest absolute Gasteiger partial charge is 0.445 e. The Kier molecular flexibility index (Phi) is 6.26. The number of nitrogens with two attached hydrogens (primary N) is 1. The van der Waals surface area contributed by atoms with Crippen molar-refractivity contribution in [1.29, 1.82) is 0 Å². The highest BCUT2D eigenvalue weighted by Crippen LogP contribution is 2.32. The Labute approximate surface area is 150 Å². The van der Waals surface area contributed by atoms with Crippen LogP contribution in [-0.4, -0.2) is 47.8 Å². The molecule has 1 aromatic carbocycles. The molecule has 1 fully saturated rings. The SMILES string of the molecule is NN1CC[C@@H](NS(=O)(=O)O)[C@@](NC(=O)OCc2ccccc2)([PH+]=O)C1=O. The quantitative estimate of drug-likeness (QED) is 0.213. The number of alkyl carbamates (subject to hydrolysis) is 1. The number of carbonyl (C=O) groups excluding carboxylic acids is 2. The van der Waals surface area contributed by atoms with Crippen LogP contribution in [-0.2, 0) is 31.0 Å². The number of hydrogen-bond acceptors (Lipinski definition) is 7. The minimum Gasteiger partial charge on any atom is -0.445 e. The molecule has 0 spiro atoms. The molecule has 5 N–H and O–H groups in total. The molecule has 1 unspecified atom stereocenters. The molecule has 0 radical (unpaired) electrons. The van der Waals surface area contributed by atoms with Gasteiger partial charge in [-0.2, -0.15) is 13.1 Å². The van der Waals surface area contributed by atoms with Gasteiger partial charge in [-0.25, -0.2) is 10.6 Å². The van der Waals surface area contributed by atoms with Crippen molar-refractivity contribution in [3.8, 4) is 0 Å². The number of hydrazine groups is 1. The summed E-state index contributed by atoms with van der Waals surface area (Å²) in [6.07, 6.45) is -1.18. The minimum absolute atomic E-state index is 0.0704. The second-order valence-corrected chi connectivity index (χ2v) is 7.71. The normalized spacial score (nSPS) is 23.7. The van der Waals surface area contributed by atoms with Crippen LogP contribution in [0.3, 0.4) is 0 Å². The van der Waals surface area contributed by atoms with Crippen molar-refractivity contribution in [3.05, 3.63) is 35.9 Å². The Bertz CT molecular complexity index is 791. The monoisotopic (exact) mass is 405 g/mol. The number of nitrogens with one attached hydrogen (secondary N) is 2. The molecule has 11 nitrogen and oxygen atoms in total. The summed E-state index contributed by atoms with van der Waals surface area (Å²) in [5.74, 6) is 4.54. The lowest BCUT2D eigenvalue weighted by molar-refractivity contribution is -0.138. The van der Waals surface area contributed by atoms with Crippen molar-refractivity contribution in [2.45, 2.75) is 24.3 Å². The second-order valence-electron chi connectivity index (χ2n) is 5.53. The van der Waals surface area contributed by atoms with Crippen LogP contribution in [0.25, 0.3) is 0 Å². The topological polar surface area (TPSA) is 168 Å². The Morgan fingerprint density at radius 1 is 1.42 bits per heavy atom. The summed E-state index contributed by atoms with van der Waals surface area (Å²) in [5, 5.41) is 0.650. The van der Waals surface area contributed by atoms with Crippen LogP contribution in [0, 0.1) is 0 Å². The van der Waals surface area contributed by atoms with Crippen LogP contribution < -0.4 is 15.9 Å². The predicted octanol–water partition coefficient (Wildman–Crippen LogP) is -0.500. The highest BCUT2D eigenvalue weighted by atomic mass is 32.2. The molecule has 0 bridgehead atoms. The fraction of sp³-hybridized carbons (Fsp3) is 0.385. The predicted molar refractivity (Wildman–Crippen MR) is 90.5 cm³/mol. The summed E-state index contributed by atoms with van der Waals surface area (Å²) >= 11 is 0. The van der Waals surface area contributed by atoms with Crippen LogP contribution in [0.2, 0.25) is 0 Å². The molecule has 0 aromatic heterocycles. The van der Waals surface area contributed by atoms with Gasteiger partial charge >= 0.3 is 36.0 Å². The molecule has 1 heterocycles. The van der Waals surface area contributed by atoms with Gasteiger partial charge in [-0.3, -0.25) is 19.7 Å².